The Morgan fingerprint density at radius 2 is 1.43 bits per heavy atom. The normalized spacial score (nSPS) is 12.3. The smallest absolute Gasteiger partial charge is 0.268 e. The van der Waals surface area contributed by atoms with Crippen LogP contribution in [0.1, 0.15) is 37.7 Å². The second-order valence-corrected chi connectivity index (χ2v) is 10.1. The van der Waals surface area contributed by atoms with Crippen LogP contribution in [0.4, 0.5) is 0 Å². The molecule has 7 heteroatoms. The summed E-state index contributed by atoms with van der Waals surface area (Å²) in [5.74, 6) is 0.557. The predicted octanol–water partition coefficient (Wildman–Crippen LogP) is 5.77. The van der Waals surface area contributed by atoms with Crippen molar-refractivity contribution < 1.29 is 0 Å². The highest BCUT2D eigenvalue weighted by molar-refractivity contribution is 6.05. The van der Waals surface area contributed by atoms with Crippen LogP contribution >= 0.6 is 0 Å². The summed E-state index contributed by atoms with van der Waals surface area (Å²) in [7, 11) is 0. The molecule has 6 rings (SSSR count). The second-order valence-electron chi connectivity index (χ2n) is 10.1. The van der Waals surface area contributed by atoms with Crippen LogP contribution in [0.5, 0.6) is 0 Å². The van der Waals surface area contributed by atoms with Gasteiger partial charge in [0.25, 0.3) is 5.56 Å². The van der Waals surface area contributed by atoms with E-state index in [0.717, 1.165) is 16.8 Å². The van der Waals surface area contributed by atoms with Crippen molar-refractivity contribution in [2.75, 3.05) is 0 Å². The summed E-state index contributed by atoms with van der Waals surface area (Å²) < 4.78 is 3.24. The Hall–Kier alpha value is -4.65. The Balaban J connectivity index is 1.62. The molecule has 3 aromatic carbocycles. The van der Waals surface area contributed by atoms with Crippen molar-refractivity contribution in [1.29, 1.82) is 0 Å². The molecule has 0 saturated carbocycles. The van der Waals surface area contributed by atoms with Gasteiger partial charge in [-0.05, 0) is 47.7 Å². The highest BCUT2D eigenvalue weighted by atomic mass is 16.1. The number of nitrogens with zero attached hydrogens (tertiary/aromatic N) is 6. The lowest BCUT2D eigenvalue weighted by Gasteiger charge is -2.18. The topological polar surface area (TPSA) is 78.0 Å². The molecular formula is C30H26N6O. The number of aryl methyl sites for hydroxylation is 1. The largest absolute Gasteiger partial charge is 0.269 e. The molecule has 0 aliphatic rings. The van der Waals surface area contributed by atoms with E-state index in [1.54, 1.807) is 15.5 Å². The van der Waals surface area contributed by atoms with E-state index in [4.69, 9.17) is 20.1 Å². The van der Waals surface area contributed by atoms with Crippen LogP contribution in [0.3, 0.4) is 0 Å². The Bertz CT molecular complexity index is 1870. The SMILES string of the molecule is Cc1nc2c(c(=O)n1-c1ccccc1)c1nc3ccccc3nc1n2/N=C\c1ccc(C(C)(C)C)cc1. The average molecular weight is 487 g/mol. The molecule has 182 valence electrons. The first-order chi connectivity index (χ1) is 17.8. The highest BCUT2D eigenvalue weighted by Crippen LogP contribution is 2.26. The predicted molar refractivity (Wildman–Crippen MR) is 149 cm³/mol. The van der Waals surface area contributed by atoms with Crippen LogP contribution in [0.25, 0.3) is 38.9 Å². The maximum absolute atomic E-state index is 13.9. The van der Waals surface area contributed by atoms with E-state index in [2.05, 4.69) is 32.9 Å². The van der Waals surface area contributed by atoms with Gasteiger partial charge in [0, 0.05) is 0 Å². The molecule has 0 aliphatic heterocycles. The standard InChI is InChI=1S/C30H26N6O/c1-19-32-27-25(29(37)35(19)22-10-6-5-7-11-22)26-28(34-24-13-9-8-12-23(24)33-26)36(27)31-18-20-14-16-21(17-15-20)30(2,3)4/h5-18H,1-4H3/b31-18-. The summed E-state index contributed by atoms with van der Waals surface area (Å²) in [5.41, 5.74) is 5.64. The summed E-state index contributed by atoms with van der Waals surface area (Å²) in [6.07, 6.45) is 1.77. The summed E-state index contributed by atoms with van der Waals surface area (Å²) in [6, 6.07) is 25.4. The highest BCUT2D eigenvalue weighted by Gasteiger charge is 2.21. The van der Waals surface area contributed by atoms with E-state index in [-0.39, 0.29) is 11.0 Å². The molecule has 0 amide bonds. The molecule has 0 unspecified atom stereocenters. The van der Waals surface area contributed by atoms with E-state index in [0.29, 0.717) is 33.5 Å². The third-order valence-electron chi connectivity index (χ3n) is 6.54. The van der Waals surface area contributed by atoms with Gasteiger partial charge in [-0.3, -0.25) is 9.36 Å². The number of para-hydroxylation sites is 3. The van der Waals surface area contributed by atoms with Gasteiger partial charge in [0.15, 0.2) is 11.3 Å². The summed E-state index contributed by atoms with van der Waals surface area (Å²) >= 11 is 0. The van der Waals surface area contributed by atoms with Crippen LogP contribution < -0.4 is 5.56 Å². The monoisotopic (exact) mass is 486 g/mol. The van der Waals surface area contributed by atoms with Gasteiger partial charge in [-0.15, -0.1) is 0 Å². The zero-order valence-corrected chi connectivity index (χ0v) is 21.2. The maximum Gasteiger partial charge on any atom is 0.269 e. The van der Waals surface area contributed by atoms with E-state index in [1.165, 1.54) is 5.56 Å². The molecule has 3 heterocycles. The van der Waals surface area contributed by atoms with Gasteiger partial charge in [0.05, 0.1) is 22.9 Å². The Morgan fingerprint density at radius 3 is 2.11 bits per heavy atom. The minimum atomic E-state index is -0.202. The van der Waals surface area contributed by atoms with Crippen molar-refractivity contribution in [1.82, 2.24) is 24.2 Å². The molecule has 37 heavy (non-hydrogen) atoms. The van der Waals surface area contributed by atoms with Gasteiger partial charge in [-0.1, -0.05) is 75.4 Å². The number of fused-ring (bicyclic) bond motifs is 4. The van der Waals surface area contributed by atoms with Crippen molar-refractivity contribution >= 4 is 39.4 Å². The summed E-state index contributed by atoms with van der Waals surface area (Å²) in [4.78, 5) is 28.4. The lowest BCUT2D eigenvalue weighted by molar-refractivity contribution is 0.590. The molecular weight excluding hydrogens is 460 g/mol. The molecule has 3 aromatic heterocycles. The molecule has 0 aliphatic carbocycles. The van der Waals surface area contributed by atoms with E-state index < -0.39 is 0 Å². The molecule has 0 atom stereocenters. The number of benzene rings is 3. The zero-order valence-electron chi connectivity index (χ0n) is 21.2. The Kier molecular flexibility index (Phi) is 5.22. The van der Waals surface area contributed by atoms with Gasteiger partial charge in [-0.2, -0.15) is 9.78 Å². The number of aromatic nitrogens is 5. The number of hydrogen-bond donors (Lipinski definition) is 0. The zero-order chi connectivity index (χ0) is 25.7. The molecule has 0 saturated heterocycles. The minimum absolute atomic E-state index is 0.0687. The fraction of sp³-hybridized carbons (Fsp3) is 0.167. The number of hydrogen-bond acceptors (Lipinski definition) is 5. The van der Waals surface area contributed by atoms with Gasteiger partial charge >= 0.3 is 0 Å². The van der Waals surface area contributed by atoms with E-state index >= 15 is 0 Å². The number of rotatable bonds is 3. The molecule has 7 nitrogen and oxygen atoms in total. The quantitative estimate of drug-likeness (QED) is 0.298. The molecule has 0 N–H and O–H groups in total. The molecule has 0 spiro atoms. The van der Waals surface area contributed by atoms with Crippen molar-refractivity contribution in [3.8, 4) is 5.69 Å². The third-order valence-corrected chi connectivity index (χ3v) is 6.54. The fourth-order valence-electron chi connectivity index (χ4n) is 4.56. The minimum Gasteiger partial charge on any atom is -0.268 e. The first-order valence-corrected chi connectivity index (χ1v) is 12.2. The Labute approximate surface area is 213 Å². The van der Waals surface area contributed by atoms with E-state index in [1.807, 2.05) is 73.7 Å². The van der Waals surface area contributed by atoms with Crippen LogP contribution in [-0.2, 0) is 5.41 Å². The van der Waals surface area contributed by atoms with Crippen molar-refractivity contribution in [2.45, 2.75) is 33.1 Å². The maximum atomic E-state index is 13.9. The van der Waals surface area contributed by atoms with Crippen molar-refractivity contribution in [2.24, 2.45) is 5.10 Å². The van der Waals surface area contributed by atoms with Gasteiger partial charge in [0.1, 0.15) is 16.7 Å². The molecule has 6 aromatic rings. The Morgan fingerprint density at radius 1 is 0.784 bits per heavy atom. The lowest BCUT2D eigenvalue weighted by atomic mass is 9.87. The van der Waals surface area contributed by atoms with E-state index in [9.17, 15) is 4.79 Å². The van der Waals surface area contributed by atoms with Crippen molar-refractivity contribution in [3.63, 3.8) is 0 Å². The van der Waals surface area contributed by atoms with Crippen LogP contribution in [0.2, 0.25) is 0 Å². The van der Waals surface area contributed by atoms with Crippen LogP contribution in [0, 0.1) is 6.92 Å². The summed E-state index contributed by atoms with van der Waals surface area (Å²) in [5, 5.41) is 5.15. The van der Waals surface area contributed by atoms with Gasteiger partial charge < -0.3 is 0 Å². The summed E-state index contributed by atoms with van der Waals surface area (Å²) in [6.45, 7) is 8.39. The fourth-order valence-corrected chi connectivity index (χ4v) is 4.56. The van der Waals surface area contributed by atoms with Gasteiger partial charge in [0.2, 0.25) is 0 Å². The molecule has 0 bridgehead atoms. The van der Waals surface area contributed by atoms with Crippen molar-refractivity contribution in [3.05, 3.63) is 106 Å². The average Bonchev–Trinajstić information content (AvgIpc) is 3.18. The second kappa shape index (κ2) is 8.48. The molecule has 0 fully saturated rings. The third kappa shape index (κ3) is 3.89. The lowest BCUT2D eigenvalue weighted by Crippen LogP contribution is -2.22. The first kappa shape index (κ1) is 22.8. The molecule has 0 radical (unpaired) electrons. The van der Waals surface area contributed by atoms with Crippen LogP contribution in [-0.4, -0.2) is 30.4 Å². The van der Waals surface area contributed by atoms with Crippen LogP contribution in [0.15, 0.2) is 88.8 Å². The van der Waals surface area contributed by atoms with Gasteiger partial charge in [-0.25, -0.2) is 15.0 Å². The first-order valence-electron chi connectivity index (χ1n) is 12.2.